The first-order valence-electron chi connectivity index (χ1n) is 8.05. The number of carbonyl (C=O) groups excluding carboxylic acids is 1. The predicted molar refractivity (Wildman–Crippen MR) is 85.3 cm³/mol. The van der Waals surface area contributed by atoms with E-state index < -0.39 is 0 Å². The van der Waals surface area contributed by atoms with E-state index >= 15 is 0 Å². The molecule has 1 saturated carbocycles. The largest absolute Gasteiger partial charge is 0.299 e. The van der Waals surface area contributed by atoms with Crippen molar-refractivity contribution in [2.45, 2.75) is 38.0 Å². The van der Waals surface area contributed by atoms with E-state index in [0.717, 1.165) is 25.7 Å². The van der Waals surface area contributed by atoms with Crippen LogP contribution in [0.1, 0.15) is 49.1 Å². The Balaban J connectivity index is 1.73. The second-order valence-electron chi connectivity index (χ2n) is 6.37. The quantitative estimate of drug-likeness (QED) is 0.758. The number of hydrogen-bond acceptors (Lipinski definition) is 1. The Morgan fingerprint density at radius 1 is 0.857 bits per heavy atom. The molecule has 0 amide bonds. The third-order valence-electron chi connectivity index (χ3n) is 5.16. The molecule has 2 aliphatic rings. The van der Waals surface area contributed by atoms with Gasteiger partial charge in [-0.1, -0.05) is 55.0 Å². The molecule has 0 saturated heterocycles. The molecule has 2 aromatic rings. The smallest absolute Gasteiger partial charge is 0.136 e. The maximum atomic E-state index is 12.2. The lowest BCUT2D eigenvalue weighted by molar-refractivity contribution is -0.124. The summed E-state index contributed by atoms with van der Waals surface area (Å²) < 4.78 is 0. The molecule has 1 fully saturated rings. The van der Waals surface area contributed by atoms with Crippen molar-refractivity contribution in [3.8, 4) is 11.1 Å². The monoisotopic (exact) mass is 276 g/mol. The molecule has 21 heavy (non-hydrogen) atoms. The Bertz CT molecular complexity index is 640. The van der Waals surface area contributed by atoms with Crippen LogP contribution < -0.4 is 0 Å². The van der Waals surface area contributed by atoms with Gasteiger partial charge in [-0.2, -0.15) is 0 Å². The Kier molecular flexibility index (Phi) is 3.14. The first-order valence-corrected chi connectivity index (χ1v) is 8.05. The summed E-state index contributed by atoms with van der Waals surface area (Å²) in [6.07, 6.45) is 5.17. The van der Waals surface area contributed by atoms with Crippen LogP contribution in [0.15, 0.2) is 48.5 Å². The Labute approximate surface area is 126 Å². The molecule has 0 aliphatic heterocycles. The van der Waals surface area contributed by atoms with Gasteiger partial charge in [0.15, 0.2) is 0 Å². The summed E-state index contributed by atoms with van der Waals surface area (Å²) >= 11 is 0. The number of hydrogen-bond donors (Lipinski definition) is 0. The van der Waals surface area contributed by atoms with Crippen LogP contribution in [0.2, 0.25) is 0 Å². The third-order valence-corrected chi connectivity index (χ3v) is 5.16. The molecule has 0 aromatic heterocycles. The fourth-order valence-electron chi connectivity index (χ4n) is 4.10. The van der Waals surface area contributed by atoms with Crippen molar-refractivity contribution in [2.75, 3.05) is 0 Å². The van der Waals surface area contributed by atoms with Crippen LogP contribution in [-0.2, 0) is 4.79 Å². The Morgan fingerprint density at radius 3 is 2.10 bits per heavy atom. The first-order chi connectivity index (χ1) is 10.3. The summed E-state index contributed by atoms with van der Waals surface area (Å²) in [5.74, 6) is 1.16. The summed E-state index contributed by atoms with van der Waals surface area (Å²) in [7, 11) is 0. The van der Waals surface area contributed by atoms with E-state index in [0.29, 0.717) is 11.7 Å². The van der Waals surface area contributed by atoms with E-state index in [1.807, 2.05) is 0 Å². The number of benzene rings is 2. The Hall–Kier alpha value is -1.89. The average Bonchev–Trinajstić information content (AvgIpc) is 2.85. The molecule has 2 aliphatic carbocycles. The molecule has 1 atom stereocenters. The highest BCUT2D eigenvalue weighted by Gasteiger charge is 2.32. The highest BCUT2D eigenvalue weighted by Crippen LogP contribution is 2.48. The summed E-state index contributed by atoms with van der Waals surface area (Å²) in [6.45, 7) is 0. The van der Waals surface area contributed by atoms with Gasteiger partial charge >= 0.3 is 0 Å². The maximum Gasteiger partial charge on any atom is 0.136 e. The van der Waals surface area contributed by atoms with E-state index in [1.165, 1.54) is 28.7 Å². The predicted octanol–water partition coefficient (Wildman–Crippen LogP) is 4.95. The van der Waals surface area contributed by atoms with Crippen LogP contribution in [0.4, 0.5) is 0 Å². The molecular formula is C20H20O. The molecule has 1 nitrogen and oxygen atoms in total. The van der Waals surface area contributed by atoms with Crippen LogP contribution in [0.25, 0.3) is 11.1 Å². The van der Waals surface area contributed by atoms with Gasteiger partial charge in [0.25, 0.3) is 0 Å². The topological polar surface area (TPSA) is 17.1 Å². The van der Waals surface area contributed by atoms with Crippen molar-refractivity contribution in [1.82, 2.24) is 0 Å². The van der Waals surface area contributed by atoms with Crippen molar-refractivity contribution in [3.05, 3.63) is 59.7 Å². The van der Waals surface area contributed by atoms with Gasteiger partial charge < -0.3 is 0 Å². The third kappa shape index (κ3) is 2.12. The van der Waals surface area contributed by atoms with Gasteiger partial charge in [-0.15, -0.1) is 0 Å². The number of fused-ring (bicyclic) bond motifs is 3. The first kappa shape index (κ1) is 12.8. The lowest BCUT2D eigenvalue weighted by atomic mass is 9.79. The summed E-state index contributed by atoms with van der Waals surface area (Å²) in [6, 6.07) is 17.4. The molecular weight excluding hydrogens is 256 g/mol. The van der Waals surface area contributed by atoms with E-state index in [9.17, 15) is 4.79 Å². The second kappa shape index (κ2) is 5.14. The average molecular weight is 276 g/mol. The van der Waals surface area contributed by atoms with Crippen LogP contribution in [0.3, 0.4) is 0 Å². The second-order valence-corrected chi connectivity index (χ2v) is 6.37. The molecule has 106 valence electrons. The number of ketones is 1. The molecule has 1 heteroatoms. The number of carbonyl (C=O) groups is 1. The molecule has 4 rings (SSSR count). The van der Waals surface area contributed by atoms with Crippen molar-refractivity contribution >= 4 is 5.78 Å². The maximum absolute atomic E-state index is 12.2. The number of rotatable bonds is 2. The minimum atomic E-state index is 0.267. The lowest BCUT2D eigenvalue weighted by Gasteiger charge is -2.24. The summed E-state index contributed by atoms with van der Waals surface area (Å²) in [4.78, 5) is 12.2. The lowest BCUT2D eigenvalue weighted by Crippen LogP contribution is -2.21. The molecule has 1 unspecified atom stereocenters. The molecule has 2 aromatic carbocycles. The zero-order valence-corrected chi connectivity index (χ0v) is 12.2. The van der Waals surface area contributed by atoms with Crippen LogP contribution >= 0.6 is 0 Å². The van der Waals surface area contributed by atoms with Crippen LogP contribution in [0, 0.1) is 5.92 Å². The van der Waals surface area contributed by atoms with Gasteiger partial charge in [0.05, 0.1) is 0 Å². The van der Waals surface area contributed by atoms with Gasteiger partial charge in [-0.25, -0.2) is 0 Å². The van der Waals surface area contributed by atoms with E-state index in [1.54, 1.807) is 0 Å². The fourth-order valence-corrected chi connectivity index (χ4v) is 4.10. The van der Waals surface area contributed by atoms with Crippen molar-refractivity contribution in [1.29, 1.82) is 0 Å². The fraction of sp³-hybridized carbons (Fsp3) is 0.350. The highest BCUT2D eigenvalue weighted by atomic mass is 16.1. The van der Waals surface area contributed by atoms with Gasteiger partial charge in [-0.3, -0.25) is 4.79 Å². The van der Waals surface area contributed by atoms with Crippen LogP contribution in [0.5, 0.6) is 0 Å². The molecule has 0 spiro atoms. The van der Waals surface area contributed by atoms with E-state index in [2.05, 4.69) is 48.5 Å². The standard InChI is InChI=1S/C20H20O/c21-20-12-6-1-7-14(20)13-19-17-10-4-2-8-15(17)16-9-3-5-11-18(16)19/h2-5,8-11,14,19H,1,6-7,12-13H2. The van der Waals surface area contributed by atoms with Gasteiger partial charge in [0.1, 0.15) is 5.78 Å². The van der Waals surface area contributed by atoms with Crippen LogP contribution in [-0.4, -0.2) is 5.78 Å². The minimum absolute atomic E-state index is 0.267. The minimum Gasteiger partial charge on any atom is -0.299 e. The molecule has 0 N–H and O–H groups in total. The van der Waals surface area contributed by atoms with E-state index in [-0.39, 0.29) is 5.92 Å². The number of Topliss-reactive ketones (excluding diaryl/α,β-unsaturated/α-hetero) is 1. The van der Waals surface area contributed by atoms with Crippen molar-refractivity contribution in [3.63, 3.8) is 0 Å². The molecule has 0 radical (unpaired) electrons. The zero-order valence-electron chi connectivity index (χ0n) is 12.2. The summed E-state index contributed by atoms with van der Waals surface area (Å²) in [5, 5.41) is 0. The summed E-state index contributed by atoms with van der Waals surface area (Å²) in [5.41, 5.74) is 5.55. The van der Waals surface area contributed by atoms with Crippen molar-refractivity contribution < 1.29 is 4.79 Å². The Morgan fingerprint density at radius 2 is 1.48 bits per heavy atom. The van der Waals surface area contributed by atoms with Gasteiger partial charge in [-0.05, 0) is 41.5 Å². The molecule has 0 heterocycles. The SMILES string of the molecule is O=C1CCCCC1CC1c2ccccc2-c2ccccc21. The molecule has 0 bridgehead atoms. The van der Waals surface area contributed by atoms with E-state index in [4.69, 9.17) is 0 Å². The van der Waals surface area contributed by atoms with Gasteiger partial charge in [0, 0.05) is 18.3 Å². The normalized spacial score (nSPS) is 21.1. The zero-order chi connectivity index (χ0) is 14.2. The van der Waals surface area contributed by atoms with Gasteiger partial charge in [0.2, 0.25) is 0 Å². The highest BCUT2D eigenvalue weighted by molar-refractivity contribution is 5.83. The van der Waals surface area contributed by atoms with Crippen molar-refractivity contribution in [2.24, 2.45) is 5.92 Å².